The molecule has 1 aromatic rings. The van der Waals surface area contributed by atoms with Gasteiger partial charge in [-0.2, -0.15) is 0 Å². The SMILES string of the molecule is COC(=O)C1(S(=O)(=O)c2ccc(F)c(Cl)c2)CCC2(CCN(C(=O)OC(C)(C)C)CC2)C1. The number of carbonyl (C=O) groups excluding carboxylic acids is 2. The zero-order valence-electron chi connectivity index (χ0n) is 18.7. The Hall–Kier alpha value is -1.87. The summed E-state index contributed by atoms with van der Waals surface area (Å²) in [5, 5.41) is -0.329. The lowest BCUT2D eigenvalue weighted by molar-refractivity contribution is -0.144. The quantitative estimate of drug-likeness (QED) is 0.462. The van der Waals surface area contributed by atoms with E-state index in [0.717, 1.165) is 25.3 Å². The van der Waals surface area contributed by atoms with Crippen molar-refractivity contribution in [1.29, 1.82) is 0 Å². The van der Waals surface area contributed by atoms with Crippen molar-refractivity contribution in [3.05, 3.63) is 29.0 Å². The Morgan fingerprint density at radius 2 is 1.75 bits per heavy atom. The van der Waals surface area contributed by atoms with E-state index in [9.17, 15) is 22.4 Å². The summed E-state index contributed by atoms with van der Waals surface area (Å²) in [6.45, 7) is 6.21. The summed E-state index contributed by atoms with van der Waals surface area (Å²) in [6.07, 6.45) is 1.35. The zero-order valence-corrected chi connectivity index (χ0v) is 20.3. The monoisotopic (exact) mass is 489 g/mol. The first kappa shape index (κ1) is 24.8. The summed E-state index contributed by atoms with van der Waals surface area (Å²) < 4.78 is 49.4. The van der Waals surface area contributed by atoms with E-state index in [0.29, 0.717) is 32.4 Å². The fourth-order valence-electron chi connectivity index (χ4n) is 4.74. The first-order valence-corrected chi connectivity index (χ1v) is 12.4. The van der Waals surface area contributed by atoms with Crippen LogP contribution in [0.25, 0.3) is 0 Å². The first-order chi connectivity index (χ1) is 14.8. The van der Waals surface area contributed by atoms with E-state index in [1.807, 2.05) is 0 Å². The molecule has 0 aromatic heterocycles. The second kappa shape index (κ2) is 8.48. The van der Waals surface area contributed by atoms with Crippen molar-refractivity contribution in [1.82, 2.24) is 4.90 Å². The maximum absolute atomic E-state index is 13.6. The number of halogens is 2. The van der Waals surface area contributed by atoms with Crippen molar-refractivity contribution >= 4 is 33.5 Å². The average molecular weight is 490 g/mol. The van der Waals surface area contributed by atoms with Gasteiger partial charge in [-0.3, -0.25) is 4.79 Å². The Balaban J connectivity index is 1.86. The van der Waals surface area contributed by atoms with Gasteiger partial charge in [-0.25, -0.2) is 17.6 Å². The molecule has 1 saturated carbocycles. The lowest BCUT2D eigenvalue weighted by Crippen LogP contribution is -2.48. The van der Waals surface area contributed by atoms with Crippen molar-refractivity contribution in [2.24, 2.45) is 5.41 Å². The lowest BCUT2D eigenvalue weighted by Gasteiger charge is -2.40. The Morgan fingerprint density at radius 1 is 1.12 bits per heavy atom. The highest BCUT2D eigenvalue weighted by molar-refractivity contribution is 7.93. The molecule has 0 N–H and O–H groups in total. The number of hydrogen-bond acceptors (Lipinski definition) is 6. The molecule has 2 fully saturated rings. The second-order valence-electron chi connectivity index (χ2n) is 9.71. The van der Waals surface area contributed by atoms with E-state index < -0.39 is 43.5 Å². The normalized spacial score (nSPS) is 23.2. The van der Waals surface area contributed by atoms with Gasteiger partial charge in [0.15, 0.2) is 14.6 Å². The van der Waals surface area contributed by atoms with E-state index in [1.54, 1.807) is 25.7 Å². The molecule has 1 aliphatic carbocycles. The number of nitrogens with zero attached hydrogens (tertiary/aromatic N) is 1. The van der Waals surface area contributed by atoms with E-state index in [4.69, 9.17) is 21.1 Å². The number of ether oxygens (including phenoxy) is 2. The van der Waals surface area contributed by atoms with Gasteiger partial charge in [-0.15, -0.1) is 0 Å². The van der Waals surface area contributed by atoms with Crippen LogP contribution in [0.1, 0.15) is 52.9 Å². The van der Waals surface area contributed by atoms with Gasteiger partial charge >= 0.3 is 12.1 Å². The van der Waals surface area contributed by atoms with Gasteiger partial charge in [-0.1, -0.05) is 11.6 Å². The first-order valence-electron chi connectivity index (χ1n) is 10.5. The molecule has 1 saturated heterocycles. The van der Waals surface area contributed by atoms with E-state index in [-0.39, 0.29) is 22.8 Å². The van der Waals surface area contributed by atoms with Gasteiger partial charge in [-0.05, 0) is 76.5 Å². The summed E-state index contributed by atoms with van der Waals surface area (Å²) in [7, 11) is -3.05. The molecule has 3 rings (SSSR count). The summed E-state index contributed by atoms with van der Waals surface area (Å²) in [5.41, 5.74) is -1.03. The molecule has 1 spiro atoms. The molecule has 10 heteroatoms. The van der Waals surface area contributed by atoms with E-state index in [1.165, 1.54) is 0 Å². The number of rotatable bonds is 3. The minimum absolute atomic E-state index is 0.0756. The van der Waals surface area contributed by atoms with Crippen molar-refractivity contribution in [3.8, 4) is 0 Å². The van der Waals surface area contributed by atoms with Crippen LogP contribution in [0.5, 0.6) is 0 Å². The predicted molar refractivity (Wildman–Crippen MR) is 117 cm³/mol. The molecule has 1 atom stereocenters. The van der Waals surface area contributed by atoms with Gasteiger partial charge in [0.2, 0.25) is 0 Å². The van der Waals surface area contributed by atoms with Crippen LogP contribution in [0.4, 0.5) is 9.18 Å². The van der Waals surface area contributed by atoms with Crippen LogP contribution in [0.3, 0.4) is 0 Å². The molecule has 178 valence electrons. The average Bonchev–Trinajstić information content (AvgIpc) is 3.09. The van der Waals surface area contributed by atoms with Crippen LogP contribution in [-0.2, 0) is 24.1 Å². The Morgan fingerprint density at radius 3 is 2.28 bits per heavy atom. The Labute approximate surface area is 193 Å². The number of amides is 1. The highest BCUT2D eigenvalue weighted by atomic mass is 35.5. The summed E-state index contributed by atoms with van der Waals surface area (Å²) in [5.74, 6) is -1.57. The van der Waals surface area contributed by atoms with Crippen molar-refractivity contribution in [2.45, 2.75) is 68.1 Å². The van der Waals surface area contributed by atoms with Crippen molar-refractivity contribution in [3.63, 3.8) is 0 Å². The lowest BCUT2D eigenvalue weighted by atomic mass is 9.76. The highest BCUT2D eigenvalue weighted by Gasteiger charge is 2.61. The smallest absolute Gasteiger partial charge is 0.410 e. The van der Waals surface area contributed by atoms with Gasteiger partial charge in [0.05, 0.1) is 17.0 Å². The minimum atomic E-state index is -4.21. The third-order valence-corrected chi connectivity index (χ3v) is 9.18. The topological polar surface area (TPSA) is 90.0 Å². The second-order valence-corrected chi connectivity index (χ2v) is 12.4. The molecule has 1 amide bonds. The molecule has 1 heterocycles. The third-order valence-electron chi connectivity index (χ3n) is 6.47. The van der Waals surface area contributed by atoms with Crippen molar-refractivity contribution < 1.29 is 31.9 Å². The maximum atomic E-state index is 13.6. The molecular formula is C22H29ClFNO6S. The number of carbonyl (C=O) groups is 2. The Bertz CT molecular complexity index is 1010. The van der Waals surface area contributed by atoms with Gasteiger partial charge < -0.3 is 14.4 Å². The van der Waals surface area contributed by atoms with Crippen LogP contribution in [0, 0.1) is 11.2 Å². The minimum Gasteiger partial charge on any atom is -0.468 e. The standard InChI is InChI=1S/C22H29ClFNO6S/c1-20(2,3)31-19(27)25-11-9-21(10-12-25)7-8-22(14-21,18(26)30-4)32(28,29)15-5-6-17(24)16(23)13-15/h5-6,13H,7-12,14H2,1-4H3. The fraction of sp³-hybridized carbons (Fsp3) is 0.636. The number of piperidine rings is 1. The van der Waals surface area contributed by atoms with Crippen LogP contribution < -0.4 is 0 Å². The van der Waals surface area contributed by atoms with Gasteiger partial charge in [0, 0.05) is 13.1 Å². The van der Waals surface area contributed by atoms with Crippen molar-refractivity contribution in [2.75, 3.05) is 20.2 Å². The summed E-state index contributed by atoms with van der Waals surface area (Å²) in [6, 6.07) is 3.13. The number of benzene rings is 1. The Kier molecular flexibility index (Phi) is 6.56. The molecule has 7 nitrogen and oxygen atoms in total. The predicted octanol–water partition coefficient (Wildman–Crippen LogP) is 4.37. The number of esters is 1. The van der Waals surface area contributed by atoms with Gasteiger partial charge in [0.1, 0.15) is 11.4 Å². The number of hydrogen-bond donors (Lipinski definition) is 0. The molecule has 0 bridgehead atoms. The summed E-state index contributed by atoms with van der Waals surface area (Å²) in [4.78, 5) is 26.7. The largest absolute Gasteiger partial charge is 0.468 e. The number of likely N-dealkylation sites (tertiary alicyclic amines) is 1. The molecule has 32 heavy (non-hydrogen) atoms. The molecule has 1 aromatic carbocycles. The van der Waals surface area contributed by atoms with Crippen LogP contribution in [0.2, 0.25) is 5.02 Å². The highest BCUT2D eigenvalue weighted by Crippen LogP contribution is 2.55. The molecule has 1 aliphatic heterocycles. The molecule has 0 radical (unpaired) electrons. The molecule has 1 unspecified atom stereocenters. The number of methoxy groups -OCH3 is 1. The summed E-state index contributed by atoms with van der Waals surface area (Å²) >= 11 is 5.81. The zero-order chi connectivity index (χ0) is 23.9. The van der Waals surface area contributed by atoms with Crippen LogP contribution in [-0.4, -0.2) is 55.9 Å². The van der Waals surface area contributed by atoms with E-state index in [2.05, 4.69) is 0 Å². The van der Waals surface area contributed by atoms with Crippen LogP contribution in [0.15, 0.2) is 23.1 Å². The van der Waals surface area contributed by atoms with E-state index >= 15 is 0 Å². The molecule has 2 aliphatic rings. The maximum Gasteiger partial charge on any atom is 0.410 e. The molecular weight excluding hydrogens is 461 g/mol. The number of sulfone groups is 1. The fourth-order valence-corrected chi connectivity index (χ4v) is 7.12. The third kappa shape index (κ3) is 4.46. The van der Waals surface area contributed by atoms with Gasteiger partial charge in [0.25, 0.3) is 0 Å². The van der Waals surface area contributed by atoms with Crippen LogP contribution >= 0.6 is 11.6 Å².